The van der Waals surface area contributed by atoms with E-state index in [2.05, 4.69) is 15.1 Å². The highest BCUT2D eigenvalue weighted by atomic mass is 35.5. The van der Waals surface area contributed by atoms with Crippen LogP contribution in [0.5, 0.6) is 5.75 Å². The molecule has 21 heavy (non-hydrogen) atoms. The van der Waals surface area contributed by atoms with E-state index in [1.54, 1.807) is 11.6 Å². The summed E-state index contributed by atoms with van der Waals surface area (Å²) in [5.74, 6) is 2.63. The molecule has 0 aliphatic carbocycles. The quantitative estimate of drug-likeness (QED) is 0.691. The van der Waals surface area contributed by atoms with Crippen molar-refractivity contribution in [2.24, 2.45) is 0 Å². The van der Waals surface area contributed by atoms with Crippen LogP contribution in [0.25, 0.3) is 16.6 Å². The molecule has 0 bridgehead atoms. The fourth-order valence-electron chi connectivity index (χ4n) is 2.28. The Hall–Kier alpha value is -2.08. The molecular formula is C14H16ClN5O. The minimum absolute atomic E-state index is 0.489. The van der Waals surface area contributed by atoms with Gasteiger partial charge in [0.25, 0.3) is 0 Å². The molecule has 2 aromatic heterocycles. The molecule has 110 valence electrons. The molecule has 0 aliphatic rings. The van der Waals surface area contributed by atoms with Gasteiger partial charge in [0.05, 0.1) is 7.11 Å². The topological polar surface area (TPSA) is 55.5 Å². The fraction of sp³-hybridized carbons (Fsp3) is 0.357. The van der Waals surface area contributed by atoms with Crippen LogP contribution in [0, 0.1) is 0 Å². The van der Waals surface area contributed by atoms with E-state index in [0.717, 1.165) is 22.3 Å². The van der Waals surface area contributed by atoms with Crippen LogP contribution in [0.2, 0.25) is 0 Å². The number of methoxy groups -OCH3 is 1. The van der Waals surface area contributed by atoms with E-state index in [9.17, 15) is 0 Å². The molecule has 0 radical (unpaired) electrons. The summed E-state index contributed by atoms with van der Waals surface area (Å²) in [4.78, 5) is 11.2. The van der Waals surface area contributed by atoms with Gasteiger partial charge in [-0.15, -0.1) is 16.7 Å². The summed E-state index contributed by atoms with van der Waals surface area (Å²) in [6, 6.07) is 5.79. The van der Waals surface area contributed by atoms with Gasteiger partial charge in [0.1, 0.15) is 11.3 Å². The Balaban J connectivity index is 2.41. The number of hydrogen-bond donors (Lipinski definition) is 0. The highest BCUT2D eigenvalue weighted by Gasteiger charge is 2.16. The maximum atomic E-state index is 5.80. The Kier molecular flexibility index (Phi) is 3.55. The highest BCUT2D eigenvalue weighted by molar-refractivity contribution is 6.17. The minimum Gasteiger partial charge on any atom is -0.494 e. The number of halogens is 1. The summed E-state index contributed by atoms with van der Waals surface area (Å²) in [6.45, 7) is 0. The first kappa shape index (κ1) is 13.9. The Morgan fingerprint density at radius 1 is 1.29 bits per heavy atom. The number of aromatic nitrogens is 4. The van der Waals surface area contributed by atoms with Gasteiger partial charge in [0.15, 0.2) is 11.5 Å². The van der Waals surface area contributed by atoms with E-state index in [1.807, 2.05) is 37.2 Å². The average molecular weight is 306 g/mol. The maximum Gasteiger partial charge on any atom is 0.228 e. The summed E-state index contributed by atoms with van der Waals surface area (Å²) in [5.41, 5.74) is 1.55. The molecule has 3 rings (SSSR count). The van der Waals surface area contributed by atoms with Crippen molar-refractivity contribution in [3.8, 4) is 5.75 Å². The van der Waals surface area contributed by atoms with Gasteiger partial charge in [-0.1, -0.05) is 6.07 Å². The summed E-state index contributed by atoms with van der Waals surface area (Å²) >= 11 is 5.80. The van der Waals surface area contributed by atoms with Crippen LogP contribution in [0.1, 0.15) is 5.82 Å². The van der Waals surface area contributed by atoms with Gasteiger partial charge in [0.2, 0.25) is 5.95 Å². The lowest BCUT2D eigenvalue weighted by atomic mass is 10.2. The first-order valence-corrected chi connectivity index (χ1v) is 7.15. The van der Waals surface area contributed by atoms with Crippen molar-refractivity contribution in [1.82, 2.24) is 19.6 Å². The summed E-state index contributed by atoms with van der Waals surface area (Å²) in [6.07, 6.45) is 0.627. The molecule has 0 unspecified atom stereocenters. The van der Waals surface area contributed by atoms with Crippen LogP contribution >= 0.6 is 11.6 Å². The Morgan fingerprint density at radius 2 is 2.10 bits per heavy atom. The van der Waals surface area contributed by atoms with Crippen molar-refractivity contribution < 1.29 is 4.74 Å². The first-order chi connectivity index (χ1) is 10.2. The third kappa shape index (κ3) is 2.25. The number of benzene rings is 1. The lowest BCUT2D eigenvalue weighted by Crippen LogP contribution is -2.16. The van der Waals surface area contributed by atoms with Crippen LogP contribution in [-0.4, -0.2) is 46.7 Å². The number of alkyl halides is 1. The predicted octanol–water partition coefficient (Wildman–Crippen LogP) is 2.13. The first-order valence-electron chi connectivity index (χ1n) is 6.61. The normalized spacial score (nSPS) is 11.2. The minimum atomic E-state index is 0.489. The molecule has 0 amide bonds. The standard InChI is InChI=1S/C14H16ClN5O/c1-19(2)14-17-12-9(5-4-6-10(12)21-3)13-16-11(7-8-15)18-20(13)14/h4-6H,7-8H2,1-3H3. The molecule has 2 heterocycles. The second kappa shape index (κ2) is 5.37. The number of ether oxygens (including phenoxy) is 1. The van der Waals surface area contributed by atoms with Gasteiger partial charge >= 0.3 is 0 Å². The summed E-state index contributed by atoms with van der Waals surface area (Å²) in [5, 5.41) is 5.42. The number of anilines is 1. The molecule has 6 nitrogen and oxygen atoms in total. The second-order valence-electron chi connectivity index (χ2n) is 4.87. The maximum absolute atomic E-state index is 5.80. The van der Waals surface area contributed by atoms with Gasteiger partial charge in [-0.05, 0) is 12.1 Å². The molecule has 0 atom stereocenters. The number of hydrogen-bond acceptors (Lipinski definition) is 5. The largest absolute Gasteiger partial charge is 0.494 e. The fourth-order valence-corrected chi connectivity index (χ4v) is 2.45. The van der Waals surface area contributed by atoms with Crippen LogP contribution in [-0.2, 0) is 6.42 Å². The van der Waals surface area contributed by atoms with Crippen molar-refractivity contribution in [3.05, 3.63) is 24.0 Å². The predicted molar refractivity (Wildman–Crippen MR) is 83.6 cm³/mol. The van der Waals surface area contributed by atoms with Crippen LogP contribution < -0.4 is 9.64 Å². The second-order valence-corrected chi connectivity index (χ2v) is 5.24. The van der Waals surface area contributed by atoms with Gasteiger partial charge in [-0.3, -0.25) is 0 Å². The number of aryl methyl sites for hydroxylation is 1. The van der Waals surface area contributed by atoms with Crippen molar-refractivity contribution in [2.45, 2.75) is 6.42 Å². The Bertz CT molecular complexity index is 799. The van der Waals surface area contributed by atoms with Gasteiger partial charge in [-0.2, -0.15) is 4.52 Å². The molecule has 0 aliphatic heterocycles. The third-order valence-electron chi connectivity index (χ3n) is 3.23. The van der Waals surface area contributed by atoms with Gasteiger partial charge < -0.3 is 9.64 Å². The number of fused-ring (bicyclic) bond motifs is 3. The molecule has 0 spiro atoms. The Morgan fingerprint density at radius 3 is 2.76 bits per heavy atom. The lowest BCUT2D eigenvalue weighted by Gasteiger charge is -2.14. The molecule has 0 saturated carbocycles. The van der Waals surface area contributed by atoms with Crippen molar-refractivity contribution >= 4 is 34.1 Å². The van der Waals surface area contributed by atoms with Crippen LogP contribution in [0.4, 0.5) is 5.95 Å². The van der Waals surface area contributed by atoms with E-state index in [1.165, 1.54) is 0 Å². The average Bonchev–Trinajstić information content (AvgIpc) is 2.89. The van der Waals surface area contributed by atoms with Crippen molar-refractivity contribution in [3.63, 3.8) is 0 Å². The zero-order chi connectivity index (χ0) is 15.0. The zero-order valence-corrected chi connectivity index (χ0v) is 12.9. The smallest absolute Gasteiger partial charge is 0.228 e. The van der Waals surface area contributed by atoms with E-state index in [4.69, 9.17) is 16.3 Å². The molecule has 7 heteroatoms. The number of rotatable bonds is 4. The van der Waals surface area contributed by atoms with E-state index in [0.29, 0.717) is 24.1 Å². The van der Waals surface area contributed by atoms with Crippen LogP contribution in [0.15, 0.2) is 18.2 Å². The SMILES string of the molecule is COc1cccc2c1nc(N(C)C)n1nc(CCCl)nc21. The van der Waals surface area contributed by atoms with E-state index >= 15 is 0 Å². The molecule has 0 N–H and O–H groups in total. The van der Waals surface area contributed by atoms with Crippen molar-refractivity contribution in [1.29, 1.82) is 0 Å². The third-order valence-corrected chi connectivity index (χ3v) is 3.42. The lowest BCUT2D eigenvalue weighted by molar-refractivity contribution is 0.419. The number of para-hydroxylation sites is 1. The monoisotopic (exact) mass is 305 g/mol. The van der Waals surface area contributed by atoms with E-state index in [-0.39, 0.29) is 0 Å². The number of nitrogens with zero attached hydrogens (tertiary/aromatic N) is 5. The molecule has 3 aromatic rings. The molecule has 1 aromatic carbocycles. The molecule has 0 fully saturated rings. The highest BCUT2D eigenvalue weighted by Crippen LogP contribution is 2.28. The van der Waals surface area contributed by atoms with E-state index < -0.39 is 0 Å². The van der Waals surface area contributed by atoms with Gasteiger partial charge in [-0.25, -0.2) is 9.97 Å². The molecule has 0 saturated heterocycles. The molecular weight excluding hydrogens is 290 g/mol. The summed E-state index contributed by atoms with van der Waals surface area (Å²) < 4.78 is 7.16. The van der Waals surface area contributed by atoms with Crippen molar-refractivity contribution in [2.75, 3.05) is 32.0 Å². The van der Waals surface area contributed by atoms with Crippen LogP contribution in [0.3, 0.4) is 0 Å². The van der Waals surface area contributed by atoms with Gasteiger partial charge in [0, 0.05) is 31.8 Å². The summed E-state index contributed by atoms with van der Waals surface area (Å²) in [7, 11) is 5.48. The zero-order valence-electron chi connectivity index (χ0n) is 12.2. The Labute approximate surface area is 127 Å².